The van der Waals surface area contributed by atoms with Crippen LogP contribution in [-0.2, 0) is 12.3 Å². The first kappa shape index (κ1) is 21.2. The van der Waals surface area contributed by atoms with E-state index in [1.807, 2.05) is 6.08 Å². The van der Waals surface area contributed by atoms with Gasteiger partial charge in [-0.2, -0.15) is 0 Å². The van der Waals surface area contributed by atoms with Gasteiger partial charge in [-0.3, -0.25) is 4.57 Å². The zero-order valence-electron chi connectivity index (χ0n) is 18.2. The van der Waals surface area contributed by atoms with Gasteiger partial charge in [-0.05, 0) is 54.4 Å². The molecule has 0 fully saturated rings. The van der Waals surface area contributed by atoms with Crippen molar-refractivity contribution in [1.82, 2.24) is 14.8 Å². The maximum absolute atomic E-state index is 4.53. The Balaban J connectivity index is 1.59. The third-order valence-electron chi connectivity index (χ3n) is 5.52. The highest BCUT2D eigenvalue weighted by molar-refractivity contribution is 7.98. The Bertz CT molecular complexity index is 1150. The molecule has 0 aliphatic heterocycles. The summed E-state index contributed by atoms with van der Waals surface area (Å²) in [5, 5.41) is 12.5. The maximum Gasteiger partial charge on any atom is 0.192 e. The maximum atomic E-state index is 4.53. The number of fused-ring (bicyclic) bond motifs is 1. The van der Waals surface area contributed by atoms with E-state index in [9.17, 15) is 0 Å². The summed E-state index contributed by atoms with van der Waals surface area (Å²) < 4.78 is 2.15. The fourth-order valence-electron chi connectivity index (χ4n) is 3.87. The minimum Gasteiger partial charge on any atom is -0.372 e. The normalized spacial score (nSPS) is 11.0. The molecule has 1 heterocycles. The second-order valence-corrected chi connectivity index (χ2v) is 8.29. The minimum atomic E-state index is 0.679. The second kappa shape index (κ2) is 9.84. The van der Waals surface area contributed by atoms with E-state index in [4.69, 9.17) is 0 Å². The van der Waals surface area contributed by atoms with Crippen molar-refractivity contribution in [2.24, 2.45) is 0 Å². The van der Waals surface area contributed by atoms with Gasteiger partial charge in [0.05, 0.1) is 0 Å². The quantitative estimate of drug-likeness (QED) is 0.227. The van der Waals surface area contributed by atoms with Crippen molar-refractivity contribution in [3.63, 3.8) is 0 Å². The lowest BCUT2D eigenvalue weighted by molar-refractivity contribution is 0.731. The van der Waals surface area contributed by atoms with Crippen LogP contribution in [0.25, 0.3) is 22.2 Å². The smallest absolute Gasteiger partial charge is 0.192 e. The molecule has 0 unspecified atom stereocenters. The van der Waals surface area contributed by atoms with Crippen molar-refractivity contribution >= 4 is 28.2 Å². The van der Waals surface area contributed by atoms with Crippen LogP contribution < -0.4 is 4.90 Å². The summed E-state index contributed by atoms with van der Waals surface area (Å²) in [7, 11) is 0. The van der Waals surface area contributed by atoms with Crippen LogP contribution >= 0.6 is 11.8 Å². The number of rotatable bonds is 9. The predicted molar refractivity (Wildman–Crippen MR) is 133 cm³/mol. The van der Waals surface area contributed by atoms with Gasteiger partial charge < -0.3 is 4.90 Å². The van der Waals surface area contributed by atoms with Gasteiger partial charge in [-0.15, -0.1) is 16.8 Å². The van der Waals surface area contributed by atoms with E-state index in [0.29, 0.717) is 6.54 Å². The topological polar surface area (TPSA) is 34.0 Å². The first-order chi connectivity index (χ1) is 15.2. The number of hydrogen-bond acceptors (Lipinski definition) is 4. The van der Waals surface area contributed by atoms with Crippen LogP contribution in [0.4, 0.5) is 5.69 Å². The van der Waals surface area contributed by atoms with E-state index in [-0.39, 0.29) is 0 Å². The van der Waals surface area contributed by atoms with Gasteiger partial charge in [0.15, 0.2) is 11.0 Å². The molecule has 5 heteroatoms. The number of aromatic nitrogens is 3. The van der Waals surface area contributed by atoms with Crippen LogP contribution in [0.3, 0.4) is 0 Å². The molecule has 0 atom stereocenters. The van der Waals surface area contributed by atoms with Crippen LogP contribution in [0.5, 0.6) is 0 Å². The molecule has 4 aromatic rings. The van der Waals surface area contributed by atoms with E-state index in [1.165, 1.54) is 22.0 Å². The Kier molecular flexibility index (Phi) is 6.73. The summed E-state index contributed by atoms with van der Waals surface area (Å²) >= 11 is 1.72. The second-order valence-electron chi connectivity index (χ2n) is 7.35. The largest absolute Gasteiger partial charge is 0.372 e. The summed E-state index contributed by atoms with van der Waals surface area (Å²) in [6.45, 7) is 11.0. The lowest BCUT2D eigenvalue weighted by Gasteiger charge is -2.21. The molecule has 3 aromatic carbocycles. The molecule has 0 aliphatic rings. The number of benzene rings is 3. The lowest BCUT2D eigenvalue weighted by Crippen LogP contribution is -2.21. The van der Waals surface area contributed by atoms with Crippen LogP contribution in [0.1, 0.15) is 19.4 Å². The van der Waals surface area contributed by atoms with Crippen molar-refractivity contribution < 1.29 is 0 Å². The standard InChI is InChI=1S/C26H28N4S/c1-4-18-30-25(21-14-16-23(17-15-21)29(5-2)6-3)27-28-26(30)31-19-22-12-9-11-20-10-7-8-13-24(20)22/h4,7-17H,1,5-6,18-19H2,2-3H3. The molecule has 0 spiro atoms. The fraction of sp³-hybridized carbons (Fsp3) is 0.231. The number of hydrogen-bond donors (Lipinski definition) is 0. The summed E-state index contributed by atoms with van der Waals surface area (Å²) in [5.41, 5.74) is 3.61. The molecule has 0 amide bonds. The molecule has 1 aromatic heterocycles. The first-order valence-electron chi connectivity index (χ1n) is 10.7. The highest BCUT2D eigenvalue weighted by Crippen LogP contribution is 2.30. The van der Waals surface area contributed by atoms with E-state index >= 15 is 0 Å². The lowest BCUT2D eigenvalue weighted by atomic mass is 10.1. The summed E-state index contributed by atoms with van der Waals surface area (Å²) in [6.07, 6.45) is 1.90. The molecule has 0 N–H and O–H groups in total. The highest BCUT2D eigenvalue weighted by atomic mass is 32.2. The van der Waals surface area contributed by atoms with Crippen LogP contribution in [0, 0.1) is 0 Å². The molecule has 0 radical (unpaired) electrons. The van der Waals surface area contributed by atoms with Gasteiger partial charge in [0.25, 0.3) is 0 Å². The Morgan fingerprint density at radius 3 is 2.42 bits per heavy atom. The Morgan fingerprint density at radius 1 is 0.935 bits per heavy atom. The van der Waals surface area contributed by atoms with Crippen molar-refractivity contribution in [2.75, 3.05) is 18.0 Å². The van der Waals surface area contributed by atoms with Gasteiger partial charge in [0, 0.05) is 36.6 Å². The highest BCUT2D eigenvalue weighted by Gasteiger charge is 2.15. The van der Waals surface area contributed by atoms with E-state index < -0.39 is 0 Å². The number of nitrogens with zero attached hydrogens (tertiary/aromatic N) is 4. The predicted octanol–water partition coefficient (Wildman–Crippen LogP) is 6.42. The van der Waals surface area contributed by atoms with E-state index in [1.54, 1.807) is 11.8 Å². The van der Waals surface area contributed by atoms with Crippen LogP contribution in [0.15, 0.2) is 84.5 Å². The average molecular weight is 429 g/mol. The first-order valence-corrected chi connectivity index (χ1v) is 11.7. The van der Waals surface area contributed by atoms with Gasteiger partial charge in [0.2, 0.25) is 0 Å². The molecule has 0 saturated heterocycles. The van der Waals surface area contributed by atoms with E-state index in [0.717, 1.165) is 35.4 Å². The number of anilines is 1. The molecule has 31 heavy (non-hydrogen) atoms. The number of thioether (sulfide) groups is 1. The summed E-state index contributed by atoms with van der Waals surface area (Å²) in [4.78, 5) is 2.34. The van der Waals surface area contributed by atoms with Gasteiger partial charge in [-0.1, -0.05) is 60.3 Å². The van der Waals surface area contributed by atoms with Crippen molar-refractivity contribution in [3.05, 3.63) is 84.9 Å². The fourth-order valence-corrected chi connectivity index (χ4v) is 4.83. The molecule has 0 bridgehead atoms. The van der Waals surface area contributed by atoms with Crippen molar-refractivity contribution in [3.8, 4) is 11.4 Å². The van der Waals surface area contributed by atoms with Crippen molar-refractivity contribution in [1.29, 1.82) is 0 Å². The van der Waals surface area contributed by atoms with Gasteiger partial charge >= 0.3 is 0 Å². The average Bonchev–Trinajstić information content (AvgIpc) is 3.21. The van der Waals surface area contributed by atoms with Crippen LogP contribution in [-0.4, -0.2) is 27.9 Å². The molecule has 0 aliphatic carbocycles. The van der Waals surface area contributed by atoms with Gasteiger partial charge in [-0.25, -0.2) is 0 Å². The molecular formula is C26H28N4S. The Labute approximate surface area is 188 Å². The molecular weight excluding hydrogens is 400 g/mol. The summed E-state index contributed by atoms with van der Waals surface area (Å²) in [6, 6.07) is 23.6. The zero-order valence-corrected chi connectivity index (χ0v) is 19.0. The molecule has 4 rings (SSSR count). The Morgan fingerprint density at radius 2 is 1.68 bits per heavy atom. The summed E-state index contributed by atoms with van der Waals surface area (Å²) in [5.74, 6) is 1.73. The minimum absolute atomic E-state index is 0.679. The SMILES string of the molecule is C=CCn1c(SCc2cccc3ccccc23)nnc1-c1ccc(N(CC)CC)cc1. The van der Waals surface area contributed by atoms with Crippen LogP contribution in [0.2, 0.25) is 0 Å². The third kappa shape index (κ3) is 4.52. The zero-order chi connectivity index (χ0) is 21.6. The molecule has 4 nitrogen and oxygen atoms in total. The monoisotopic (exact) mass is 428 g/mol. The molecule has 0 saturated carbocycles. The molecule has 158 valence electrons. The Hall–Kier alpha value is -3.05. The van der Waals surface area contributed by atoms with E-state index in [2.05, 4.69) is 107 Å². The third-order valence-corrected chi connectivity index (χ3v) is 6.53. The number of allylic oxidation sites excluding steroid dienone is 1. The van der Waals surface area contributed by atoms with Crippen molar-refractivity contribution in [2.45, 2.75) is 31.3 Å². The van der Waals surface area contributed by atoms with Gasteiger partial charge in [0.1, 0.15) is 0 Å².